The molecule has 1 N–H and O–H groups in total. The van der Waals surface area contributed by atoms with E-state index in [-0.39, 0.29) is 11.7 Å². The Morgan fingerprint density at radius 3 is 2.55 bits per heavy atom. The molecule has 154 valence electrons. The van der Waals surface area contributed by atoms with Gasteiger partial charge in [0.15, 0.2) is 0 Å². The summed E-state index contributed by atoms with van der Waals surface area (Å²) in [7, 11) is 0. The van der Waals surface area contributed by atoms with Crippen molar-refractivity contribution in [3.8, 4) is 0 Å². The monoisotopic (exact) mass is 397 g/mol. The second-order valence-corrected chi connectivity index (χ2v) is 7.92. The van der Waals surface area contributed by atoms with Crippen molar-refractivity contribution in [2.75, 3.05) is 49.1 Å². The Kier molecular flexibility index (Phi) is 5.83. The van der Waals surface area contributed by atoms with Crippen LogP contribution in [0, 0.1) is 5.82 Å². The van der Waals surface area contributed by atoms with E-state index in [1.165, 1.54) is 6.07 Å². The van der Waals surface area contributed by atoms with Crippen LogP contribution in [-0.2, 0) is 11.2 Å². The molecule has 2 aliphatic heterocycles. The highest BCUT2D eigenvalue weighted by molar-refractivity contribution is 5.92. The Labute approximate surface area is 171 Å². The minimum Gasteiger partial charge on any atom is -0.387 e. The largest absolute Gasteiger partial charge is 0.387 e. The summed E-state index contributed by atoms with van der Waals surface area (Å²) in [5, 5.41) is 10.8. The van der Waals surface area contributed by atoms with Crippen molar-refractivity contribution in [3.05, 3.63) is 59.4 Å². The minimum atomic E-state index is -0.576. The SMILES string of the molecule is CC(=O)N1CCCc2cc(C(O)CN3CCN(c4ccccc4F)CC3)ccc21. The standard InChI is InChI=1S/C23H28FN3O2/c1-17(28)27-10-4-5-18-15-19(8-9-21(18)27)23(29)16-25-11-13-26(14-12-25)22-7-3-2-6-20(22)24/h2-3,6-9,15,23,29H,4-5,10-14,16H2,1H3. The summed E-state index contributed by atoms with van der Waals surface area (Å²) in [5.41, 5.74) is 3.65. The molecule has 6 heteroatoms. The van der Waals surface area contributed by atoms with Gasteiger partial charge in [0.25, 0.3) is 0 Å². The lowest BCUT2D eigenvalue weighted by atomic mass is 9.97. The Morgan fingerprint density at radius 2 is 1.83 bits per heavy atom. The first-order chi connectivity index (χ1) is 14.0. The number of rotatable bonds is 4. The Hall–Kier alpha value is -2.44. The Morgan fingerprint density at radius 1 is 1.07 bits per heavy atom. The summed E-state index contributed by atoms with van der Waals surface area (Å²) >= 11 is 0. The predicted octanol–water partition coefficient (Wildman–Crippen LogP) is 2.98. The van der Waals surface area contributed by atoms with Crippen LogP contribution in [0.5, 0.6) is 0 Å². The predicted molar refractivity (Wildman–Crippen MR) is 113 cm³/mol. The lowest BCUT2D eigenvalue weighted by Crippen LogP contribution is -2.47. The summed E-state index contributed by atoms with van der Waals surface area (Å²) in [4.78, 5) is 17.9. The summed E-state index contributed by atoms with van der Waals surface area (Å²) in [6.07, 6.45) is 1.30. The first-order valence-electron chi connectivity index (χ1n) is 10.3. The molecule has 2 aromatic carbocycles. The molecule has 2 aliphatic rings. The fraction of sp³-hybridized carbons (Fsp3) is 0.435. The molecule has 0 aromatic heterocycles. The van der Waals surface area contributed by atoms with E-state index >= 15 is 0 Å². The van der Waals surface area contributed by atoms with Crippen LogP contribution in [0.3, 0.4) is 0 Å². The number of benzene rings is 2. The number of anilines is 2. The second kappa shape index (κ2) is 8.51. The first kappa shape index (κ1) is 19.9. The third kappa shape index (κ3) is 4.28. The highest BCUT2D eigenvalue weighted by Gasteiger charge is 2.24. The third-order valence-corrected chi connectivity index (χ3v) is 5.98. The van der Waals surface area contributed by atoms with Gasteiger partial charge in [0.1, 0.15) is 5.82 Å². The van der Waals surface area contributed by atoms with E-state index in [0.717, 1.165) is 62.4 Å². The number of hydrogen-bond acceptors (Lipinski definition) is 4. The van der Waals surface area contributed by atoms with Crippen LogP contribution < -0.4 is 9.80 Å². The van der Waals surface area contributed by atoms with Gasteiger partial charge in [-0.15, -0.1) is 0 Å². The van der Waals surface area contributed by atoms with Gasteiger partial charge in [-0.3, -0.25) is 9.69 Å². The van der Waals surface area contributed by atoms with Crippen LogP contribution in [-0.4, -0.2) is 55.2 Å². The number of aliphatic hydroxyl groups is 1. The molecule has 2 heterocycles. The van der Waals surface area contributed by atoms with Crippen molar-refractivity contribution in [1.82, 2.24) is 4.90 Å². The number of aryl methyl sites for hydroxylation is 1. The third-order valence-electron chi connectivity index (χ3n) is 5.98. The molecule has 2 aromatic rings. The maximum atomic E-state index is 14.0. The molecule has 4 rings (SSSR count). The number of para-hydroxylation sites is 1. The number of nitrogens with zero attached hydrogens (tertiary/aromatic N) is 3. The van der Waals surface area contributed by atoms with Crippen LogP contribution in [0.2, 0.25) is 0 Å². The smallest absolute Gasteiger partial charge is 0.223 e. The van der Waals surface area contributed by atoms with Gasteiger partial charge in [-0.25, -0.2) is 4.39 Å². The molecule has 0 spiro atoms. The zero-order valence-corrected chi connectivity index (χ0v) is 16.9. The number of aliphatic hydroxyl groups excluding tert-OH is 1. The van der Waals surface area contributed by atoms with Gasteiger partial charge in [-0.1, -0.05) is 24.3 Å². The molecule has 29 heavy (non-hydrogen) atoms. The van der Waals surface area contributed by atoms with Crippen molar-refractivity contribution in [2.24, 2.45) is 0 Å². The minimum absolute atomic E-state index is 0.0620. The van der Waals surface area contributed by atoms with Gasteiger partial charge < -0.3 is 14.9 Å². The number of amides is 1. The molecule has 1 saturated heterocycles. The van der Waals surface area contributed by atoms with Gasteiger partial charge in [-0.05, 0) is 42.2 Å². The lowest BCUT2D eigenvalue weighted by molar-refractivity contribution is -0.116. The summed E-state index contributed by atoms with van der Waals surface area (Å²) in [6, 6.07) is 12.8. The number of fused-ring (bicyclic) bond motifs is 1. The van der Waals surface area contributed by atoms with Crippen molar-refractivity contribution >= 4 is 17.3 Å². The zero-order chi connectivity index (χ0) is 20.4. The summed E-state index contributed by atoms with van der Waals surface area (Å²) in [6.45, 7) is 5.97. The molecule has 1 fully saturated rings. The second-order valence-electron chi connectivity index (χ2n) is 7.92. The normalized spacial score (nSPS) is 18.4. The van der Waals surface area contributed by atoms with E-state index in [2.05, 4.69) is 9.80 Å². The van der Waals surface area contributed by atoms with Gasteiger partial charge >= 0.3 is 0 Å². The van der Waals surface area contributed by atoms with Crippen LogP contribution >= 0.6 is 0 Å². The molecule has 1 unspecified atom stereocenters. The van der Waals surface area contributed by atoms with E-state index in [4.69, 9.17) is 0 Å². The quantitative estimate of drug-likeness (QED) is 0.862. The van der Waals surface area contributed by atoms with Gasteiger partial charge in [-0.2, -0.15) is 0 Å². The lowest BCUT2D eigenvalue weighted by Gasteiger charge is -2.37. The molecule has 1 atom stereocenters. The average Bonchev–Trinajstić information content (AvgIpc) is 2.74. The number of hydrogen-bond donors (Lipinski definition) is 1. The fourth-order valence-electron chi connectivity index (χ4n) is 4.38. The van der Waals surface area contributed by atoms with Crippen molar-refractivity contribution in [3.63, 3.8) is 0 Å². The molecular formula is C23H28FN3O2. The molecule has 0 aliphatic carbocycles. The van der Waals surface area contributed by atoms with Crippen LogP contribution in [0.4, 0.5) is 15.8 Å². The maximum absolute atomic E-state index is 14.0. The molecule has 0 saturated carbocycles. The maximum Gasteiger partial charge on any atom is 0.223 e. The van der Waals surface area contributed by atoms with Crippen molar-refractivity contribution in [1.29, 1.82) is 0 Å². The number of piperazine rings is 1. The van der Waals surface area contributed by atoms with E-state index in [9.17, 15) is 14.3 Å². The van der Waals surface area contributed by atoms with Crippen molar-refractivity contribution < 1.29 is 14.3 Å². The number of carbonyl (C=O) groups excluding carboxylic acids is 1. The van der Waals surface area contributed by atoms with E-state index < -0.39 is 6.10 Å². The molecule has 1 amide bonds. The highest BCUT2D eigenvalue weighted by atomic mass is 19.1. The average molecular weight is 397 g/mol. The topological polar surface area (TPSA) is 47.0 Å². The highest BCUT2D eigenvalue weighted by Crippen LogP contribution is 2.30. The first-order valence-corrected chi connectivity index (χ1v) is 10.3. The van der Waals surface area contributed by atoms with Crippen LogP contribution in [0.25, 0.3) is 0 Å². The van der Waals surface area contributed by atoms with Crippen molar-refractivity contribution in [2.45, 2.75) is 25.9 Å². The van der Waals surface area contributed by atoms with Crippen LogP contribution in [0.1, 0.15) is 30.6 Å². The molecule has 5 nitrogen and oxygen atoms in total. The molecule has 0 radical (unpaired) electrons. The van der Waals surface area contributed by atoms with E-state index in [1.807, 2.05) is 35.2 Å². The summed E-state index contributed by atoms with van der Waals surface area (Å²) < 4.78 is 14.0. The molecule has 0 bridgehead atoms. The fourth-order valence-corrected chi connectivity index (χ4v) is 4.38. The van der Waals surface area contributed by atoms with Gasteiger partial charge in [0.2, 0.25) is 5.91 Å². The van der Waals surface area contributed by atoms with E-state index in [0.29, 0.717) is 12.2 Å². The van der Waals surface area contributed by atoms with Gasteiger partial charge in [0.05, 0.1) is 11.8 Å². The summed E-state index contributed by atoms with van der Waals surface area (Å²) in [5.74, 6) is -0.123. The van der Waals surface area contributed by atoms with E-state index in [1.54, 1.807) is 13.0 Å². The number of β-amino-alcohol motifs (C(OH)–C–C–N with tert-alkyl or cyclic N) is 1. The number of halogens is 1. The Bertz CT molecular complexity index is 880. The van der Waals surface area contributed by atoms with Gasteiger partial charge in [0, 0.05) is 51.9 Å². The Balaban J connectivity index is 1.37. The van der Waals surface area contributed by atoms with Crippen LogP contribution in [0.15, 0.2) is 42.5 Å². The number of carbonyl (C=O) groups is 1. The zero-order valence-electron chi connectivity index (χ0n) is 16.9. The molecular weight excluding hydrogens is 369 g/mol.